The number of hydrogen-bond acceptors (Lipinski definition) is 7. The van der Waals surface area contributed by atoms with Gasteiger partial charge in [0, 0.05) is 11.1 Å². The van der Waals surface area contributed by atoms with E-state index < -0.39 is 22.9 Å². The second-order valence-electron chi connectivity index (χ2n) is 6.69. The van der Waals surface area contributed by atoms with Crippen LogP contribution in [0.1, 0.15) is 22.8 Å². The average Bonchev–Trinajstić information content (AvgIpc) is 2.80. The SMILES string of the molecule is C[C@H](Oc1ccccc1[N+](=O)[O-])C(=O)N/N=C\c1ccc(OC(=O)c2cccc(Cl)c2)cc1. The first-order valence-electron chi connectivity index (χ1n) is 9.64. The summed E-state index contributed by atoms with van der Waals surface area (Å²) in [6.07, 6.45) is 0.370. The lowest BCUT2D eigenvalue weighted by Gasteiger charge is -2.12. The van der Waals surface area contributed by atoms with Crippen molar-refractivity contribution >= 4 is 35.4 Å². The number of halogens is 1. The van der Waals surface area contributed by atoms with Crippen molar-refractivity contribution in [2.75, 3.05) is 0 Å². The van der Waals surface area contributed by atoms with Gasteiger partial charge in [-0.1, -0.05) is 29.8 Å². The Morgan fingerprint density at radius 2 is 1.82 bits per heavy atom. The number of hydrogen-bond donors (Lipinski definition) is 1. The third kappa shape index (κ3) is 6.62. The highest BCUT2D eigenvalue weighted by molar-refractivity contribution is 6.30. The van der Waals surface area contributed by atoms with E-state index in [-0.39, 0.29) is 11.4 Å². The second-order valence-corrected chi connectivity index (χ2v) is 7.12. The van der Waals surface area contributed by atoms with Gasteiger partial charge in [0.05, 0.1) is 16.7 Å². The molecular weight excluding hydrogens is 450 g/mol. The Labute approximate surface area is 193 Å². The van der Waals surface area contributed by atoms with Gasteiger partial charge in [-0.05, 0) is 61.0 Å². The molecule has 0 fully saturated rings. The smallest absolute Gasteiger partial charge is 0.343 e. The van der Waals surface area contributed by atoms with Gasteiger partial charge in [0.2, 0.25) is 0 Å². The number of nitrogens with one attached hydrogen (secondary N) is 1. The van der Waals surface area contributed by atoms with E-state index in [1.165, 1.54) is 37.4 Å². The van der Waals surface area contributed by atoms with Crippen molar-refractivity contribution in [3.63, 3.8) is 0 Å². The van der Waals surface area contributed by atoms with Crippen molar-refractivity contribution in [3.05, 3.63) is 99.1 Å². The number of ether oxygens (including phenoxy) is 2. The lowest BCUT2D eigenvalue weighted by molar-refractivity contribution is -0.386. The summed E-state index contributed by atoms with van der Waals surface area (Å²) in [6.45, 7) is 1.45. The predicted octanol–water partition coefficient (Wildman–Crippen LogP) is 4.39. The minimum absolute atomic E-state index is 0.0166. The lowest BCUT2D eigenvalue weighted by atomic mass is 10.2. The number of hydrazone groups is 1. The van der Waals surface area contributed by atoms with E-state index in [0.717, 1.165) is 0 Å². The fraction of sp³-hybridized carbons (Fsp3) is 0.0870. The molecule has 168 valence electrons. The summed E-state index contributed by atoms with van der Waals surface area (Å²) in [5.41, 5.74) is 3.03. The van der Waals surface area contributed by atoms with Gasteiger partial charge < -0.3 is 9.47 Å². The van der Waals surface area contributed by atoms with Crippen LogP contribution < -0.4 is 14.9 Å². The van der Waals surface area contributed by atoms with Crippen molar-refractivity contribution in [3.8, 4) is 11.5 Å². The Kier molecular flexibility index (Phi) is 7.72. The predicted molar refractivity (Wildman–Crippen MR) is 122 cm³/mol. The van der Waals surface area contributed by atoms with Gasteiger partial charge in [-0.15, -0.1) is 0 Å². The normalized spacial score (nSPS) is 11.6. The summed E-state index contributed by atoms with van der Waals surface area (Å²) in [4.78, 5) is 34.8. The zero-order valence-corrected chi connectivity index (χ0v) is 18.1. The molecule has 0 aromatic heterocycles. The van der Waals surface area contributed by atoms with Crippen molar-refractivity contribution in [1.29, 1.82) is 0 Å². The average molecular weight is 468 g/mol. The summed E-state index contributed by atoms with van der Waals surface area (Å²) in [7, 11) is 0. The number of nitro groups is 1. The molecular formula is C23H18ClN3O6. The second kappa shape index (κ2) is 10.9. The van der Waals surface area contributed by atoms with Crippen LogP contribution in [0.15, 0.2) is 77.9 Å². The quantitative estimate of drug-likeness (QED) is 0.172. The molecule has 1 amide bonds. The van der Waals surface area contributed by atoms with Gasteiger partial charge in [-0.25, -0.2) is 10.2 Å². The van der Waals surface area contributed by atoms with Crippen molar-refractivity contribution in [1.82, 2.24) is 5.43 Å². The van der Waals surface area contributed by atoms with Crippen molar-refractivity contribution in [2.45, 2.75) is 13.0 Å². The van der Waals surface area contributed by atoms with Crippen LogP contribution in [-0.2, 0) is 4.79 Å². The Morgan fingerprint density at radius 3 is 2.52 bits per heavy atom. The summed E-state index contributed by atoms with van der Waals surface area (Å²) in [5, 5.41) is 15.3. The highest BCUT2D eigenvalue weighted by Crippen LogP contribution is 2.26. The number of para-hydroxylation sites is 2. The lowest BCUT2D eigenvalue weighted by Crippen LogP contribution is -2.33. The van der Waals surface area contributed by atoms with Crippen molar-refractivity contribution < 1.29 is 24.0 Å². The number of carbonyl (C=O) groups excluding carboxylic acids is 2. The minimum atomic E-state index is -1.02. The van der Waals surface area contributed by atoms with Crippen LogP contribution in [0.25, 0.3) is 0 Å². The molecule has 0 spiro atoms. The molecule has 0 saturated heterocycles. The number of carbonyl (C=O) groups is 2. The Morgan fingerprint density at radius 1 is 1.09 bits per heavy atom. The third-order valence-electron chi connectivity index (χ3n) is 4.27. The number of benzene rings is 3. The molecule has 3 rings (SSSR count). The monoisotopic (exact) mass is 467 g/mol. The maximum absolute atomic E-state index is 12.2. The summed E-state index contributed by atoms with van der Waals surface area (Å²) < 4.78 is 10.7. The zero-order chi connectivity index (χ0) is 23.8. The van der Waals surface area contributed by atoms with Gasteiger partial charge >= 0.3 is 11.7 Å². The van der Waals surface area contributed by atoms with Gasteiger partial charge in [0.1, 0.15) is 5.75 Å². The third-order valence-corrected chi connectivity index (χ3v) is 4.51. The molecule has 0 aliphatic rings. The van der Waals surface area contributed by atoms with Crippen LogP contribution in [-0.4, -0.2) is 29.1 Å². The molecule has 0 heterocycles. The van der Waals surface area contributed by atoms with E-state index in [1.54, 1.807) is 48.5 Å². The summed E-state index contributed by atoms with van der Waals surface area (Å²) >= 11 is 5.88. The Balaban J connectivity index is 1.53. The van der Waals surface area contributed by atoms with E-state index >= 15 is 0 Å². The molecule has 0 unspecified atom stereocenters. The summed E-state index contributed by atoms with van der Waals surface area (Å²) in [6, 6.07) is 18.6. The highest BCUT2D eigenvalue weighted by Gasteiger charge is 2.20. The number of nitrogens with zero attached hydrogens (tertiary/aromatic N) is 2. The molecule has 10 heteroatoms. The van der Waals surface area contributed by atoms with Gasteiger partial charge in [0.15, 0.2) is 11.9 Å². The van der Waals surface area contributed by atoms with Crippen molar-refractivity contribution in [2.24, 2.45) is 5.10 Å². The first-order valence-corrected chi connectivity index (χ1v) is 10.0. The molecule has 0 aliphatic heterocycles. The zero-order valence-electron chi connectivity index (χ0n) is 17.3. The maximum Gasteiger partial charge on any atom is 0.343 e. The molecule has 0 saturated carbocycles. The molecule has 1 N–H and O–H groups in total. The van der Waals surface area contributed by atoms with Gasteiger partial charge in [0.25, 0.3) is 5.91 Å². The number of amides is 1. The Hall–Kier alpha value is -4.24. The fourth-order valence-corrected chi connectivity index (χ4v) is 2.81. The molecule has 3 aromatic carbocycles. The maximum atomic E-state index is 12.2. The first-order chi connectivity index (χ1) is 15.8. The number of rotatable bonds is 8. The van der Waals surface area contributed by atoms with Gasteiger partial charge in [-0.2, -0.15) is 5.10 Å². The van der Waals surface area contributed by atoms with E-state index in [1.807, 2.05) is 0 Å². The number of nitro benzene ring substituents is 1. The molecule has 0 radical (unpaired) electrons. The largest absolute Gasteiger partial charge is 0.474 e. The molecule has 9 nitrogen and oxygen atoms in total. The van der Waals surface area contributed by atoms with Gasteiger partial charge in [-0.3, -0.25) is 14.9 Å². The van der Waals surface area contributed by atoms with Crippen LogP contribution >= 0.6 is 11.6 Å². The molecule has 0 aliphatic carbocycles. The van der Waals surface area contributed by atoms with E-state index in [9.17, 15) is 19.7 Å². The van der Waals surface area contributed by atoms with Crippen LogP contribution in [0.3, 0.4) is 0 Å². The minimum Gasteiger partial charge on any atom is -0.474 e. The first kappa shape index (κ1) is 23.4. The van der Waals surface area contributed by atoms with E-state index in [2.05, 4.69) is 10.5 Å². The van der Waals surface area contributed by atoms with Crippen LogP contribution in [0, 0.1) is 10.1 Å². The molecule has 33 heavy (non-hydrogen) atoms. The van der Waals surface area contributed by atoms with Crippen LogP contribution in [0.5, 0.6) is 11.5 Å². The standard InChI is InChI=1S/C23H18ClN3O6/c1-15(32-21-8-3-2-7-20(21)27(30)31)22(28)26-25-14-16-9-11-19(12-10-16)33-23(29)17-5-4-6-18(24)13-17/h2-15H,1H3,(H,26,28)/b25-14-/t15-/m0/s1. The number of esters is 1. The highest BCUT2D eigenvalue weighted by atomic mass is 35.5. The van der Waals surface area contributed by atoms with E-state index in [4.69, 9.17) is 21.1 Å². The molecule has 1 atom stereocenters. The van der Waals surface area contributed by atoms with E-state index in [0.29, 0.717) is 21.9 Å². The molecule has 3 aromatic rings. The fourth-order valence-electron chi connectivity index (χ4n) is 2.62. The van der Waals surface area contributed by atoms with Crippen LogP contribution in [0.2, 0.25) is 5.02 Å². The molecule has 0 bridgehead atoms. The Bertz CT molecular complexity index is 1200. The topological polar surface area (TPSA) is 120 Å². The summed E-state index contributed by atoms with van der Waals surface area (Å²) in [5.74, 6) is -0.819. The van der Waals surface area contributed by atoms with Crippen LogP contribution in [0.4, 0.5) is 5.69 Å².